The number of thiophene rings is 1. The third-order valence-electron chi connectivity index (χ3n) is 3.26. The number of ether oxygens (including phenoxy) is 1. The first kappa shape index (κ1) is 16.3. The van der Waals surface area contributed by atoms with Crippen LogP contribution < -0.4 is 5.32 Å². The molecule has 2 rings (SSSR count). The van der Waals surface area contributed by atoms with Gasteiger partial charge >= 0.3 is 12.0 Å². The summed E-state index contributed by atoms with van der Waals surface area (Å²) in [7, 11) is 0. The van der Waals surface area contributed by atoms with Gasteiger partial charge in [0.15, 0.2) is 0 Å². The second kappa shape index (κ2) is 7.77. The maximum absolute atomic E-state index is 12.0. The Bertz CT molecular complexity index is 500. The number of carbonyl (C=O) groups excluding carboxylic acids is 1. The van der Waals surface area contributed by atoms with Gasteiger partial charge in [0.25, 0.3) is 0 Å². The summed E-state index contributed by atoms with van der Waals surface area (Å²) in [5.41, 5.74) is 0. The van der Waals surface area contributed by atoms with E-state index in [0.29, 0.717) is 32.5 Å². The van der Waals surface area contributed by atoms with E-state index in [1.54, 1.807) is 16.2 Å². The average Bonchev–Trinajstić information content (AvgIpc) is 2.88. The Morgan fingerprint density at radius 1 is 1.48 bits per heavy atom. The van der Waals surface area contributed by atoms with Gasteiger partial charge in [-0.15, -0.1) is 11.3 Å². The van der Waals surface area contributed by atoms with Crippen LogP contribution in [0.1, 0.15) is 17.7 Å². The lowest BCUT2D eigenvalue weighted by atomic mass is 10.1. The highest BCUT2D eigenvalue weighted by Gasteiger charge is 2.23. The van der Waals surface area contributed by atoms with E-state index in [1.807, 2.05) is 11.4 Å². The first-order valence-electron chi connectivity index (χ1n) is 6.64. The number of carboxylic acids is 1. The van der Waals surface area contributed by atoms with Crippen molar-refractivity contribution in [3.05, 3.63) is 20.8 Å². The maximum atomic E-state index is 12.0. The third kappa shape index (κ3) is 4.98. The van der Waals surface area contributed by atoms with Gasteiger partial charge in [-0.05, 0) is 40.2 Å². The standard InChI is InChI=1S/C13H17BrN2O4S/c14-10-3-6-21-11(10)7-15-13(19)16-4-1-9(2-5-16)20-8-12(17)18/h3,6,9H,1-2,4-5,7-8H2,(H,15,19)(H,17,18). The SMILES string of the molecule is O=C(O)COC1CCN(C(=O)NCc2sccc2Br)CC1. The number of carboxylic acid groups (broad SMARTS) is 1. The molecule has 1 aromatic heterocycles. The number of hydrogen-bond acceptors (Lipinski definition) is 4. The number of likely N-dealkylation sites (tertiary alicyclic amines) is 1. The van der Waals surface area contributed by atoms with E-state index in [-0.39, 0.29) is 18.7 Å². The van der Waals surface area contributed by atoms with Crippen molar-refractivity contribution >= 4 is 39.3 Å². The monoisotopic (exact) mass is 376 g/mol. The van der Waals surface area contributed by atoms with Crippen molar-refractivity contribution in [2.24, 2.45) is 0 Å². The van der Waals surface area contributed by atoms with Crippen LogP contribution in [0, 0.1) is 0 Å². The molecule has 0 radical (unpaired) electrons. The van der Waals surface area contributed by atoms with Gasteiger partial charge in [-0.1, -0.05) is 0 Å². The van der Waals surface area contributed by atoms with E-state index in [4.69, 9.17) is 9.84 Å². The highest BCUT2D eigenvalue weighted by Crippen LogP contribution is 2.22. The number of nitrogens with one attached hydrogen (secondary N) is 1. The van der Waals surface area contributed by atoms with E-state index in [0.717, 1.165) is 9.35 Å². The van der Waals surface area contributed by atoms with Crippen molar-refractivity contribution in [1.29, 1.82) is 0 Å². The van der Waals surface area contributed by atoms with Crippen LogP contribution in [-0.4, -0.2) is 47.8 Å². The number of urea groups is 1. The molecule has 1 aliphatic rings. The maximum Gasteiger partial charge on any atom is 0.329 e. The predicted octanol–water partition coefficient (Wildman–Crippen LogP) is 2.29. The molecule has 0 aliphatic carbocycles. The van der Waals surface area contributed by atoms with Crippen LogP contribution in [0.3, 0.4) is 0 Å². The summed E-state index contributed by atoms with van der Waals surface area (Å²) in [6.45, 7) is 1.40. The molecule has 1 saturated heterocycles. The Kier molecular flexibility index (Phi) is 6.01. The zero-order chi connectivity index (χ0) is 15.2. The molecule has 1 aliphatic heterocycles. The van der Waals surface area contributed by atoms with Crippen LogP contribution in [0.2, 0.25) is 0 Å². The Balaban J connectivity index is 1.70. The van der Waals surface area contributed by atoms with Gasteiger partial charge in [0, 0.05) is 22.4 Å². The summed E-state index contributed by atoms with van der Waals surface area (Å²) in [5.74, 6) is -0.961. The number of amides is 2. The lowest BCUT2D eigenvalue weighted by Crippen LogP contribution is -2.45. The number of nitrogens with zero attached hydrogens (tertiary/aromatic N) is 1. The van der Waals surface area contributed by atoms with Crippen molar-refractivity contribution in [2.75, 3.05) is 19.7 Å². The zero-order valence-corrected chi connectivity index (χ0v) is 13.8. The molecule has 8 heteroatoms. The number of carbonyl (C=O) groups is 2. The fraction of sp³-hybridized carbons (Fsp3) is 0.538. The topological polar surface area (TPSA) is 78.9 Å². The number of aliphatic carboxylic acids is 1. The molecule has 2 amide bonds. The minimum atomic E-state index is -0.961. The van der Waals surface area contributed by atoms with Gasteiger partial charge in [0.05, 0.1) is 12.6 Å². The van der Waals surface area contributed by atoms with Crippen LogP contribution in [0.15, 0.2) is 15.9 Å². The Labute approximate surface area is 135 Å². The average molecular weight is 377 g/mol. The zero-order valence-electron chi connectivity index (χ0n) is 11.4. The van der Waals surface area contributed by atoms with Crippen molar-refractivity contribution in [3.8, 4) is 0 Å². The highest BCUT2D eigenvalue weighted by atomic mass is 79.9. The molecule has 1 fully saturated rings. The summed E-state index contributed by atoms with van der Waals surface area (Å²) < 4.78 is 6.25. The van der Waals surface area contributed by atoms with Crippen molar-refractivity contribution in [2.45, 2.75) is 25.5 Å². The van der Waals surface area contributed by atoms with Crippen LogP contribution in [0.5, 0.6) is 0 Å². The van der Waals surface area contributed by atoms with Gasteiger partial charge in [-0.3, -0.25) is 0 Å². The first-order chi connectivity index (χ1) is 10.1. The molecule has 2 N–H and O–H groups in total. The van der Waals surface area contributed by atoms with Gasteiger partial charge in [0.2, 0.25) is 0 Å². The lowest BCUT2D eigenvalue weighted by Gasteiger charge is -2.31. The summed E-state index contributed by atoms with van der Waals surface area (Å²) in [6.07, 6.45) is 1.27. The second-order valence-electron chi connectivity index (χ2n) is 4.74. The number of halogens is 1. The number of piperidine rings is 1. The van der Waals surface area contributed by atoms with Gasteiger partial charge in [-0.2, -0.15) is 0 Å². The van der Waals surface area contributed by atoms with E-state index in [9.17, 15) is 9.59 Å². The summed E-state index contributed by atoms with van der Waals surface area (Å²) in [5, 5.41) is 13.4. The smallest absolute Gasteiger partial charge is 0.329 e. The summed E-state index contributed by atoms with van der Waals surface area (Å²) in [4.78, 5) is 25.3. The van der Waals surface area contributed by atoms with E-state index >= 15 is 0 Å². The van der Waals surface area contributed by atoms with Crippen LogP contribution in [0.4, 0.5) is 4.79 Å². The minimum absolute atomic E-state index is 0.0726. The van der Waals surface area contributed by atoms with Crippen LogP contribution in [-0.2, 0) is 16.1 Å². The molecule has 6 nitrogen and oxygen atoms in total. The fourth-order valence-corrected chi connectivity index (χ4v) is 3.57. The largest absolute Gasteiger partial charge is 0.480 e. The summed E-state index contributed by atoms with van der Waals surface area (Å²) in [6, 6.07) is 1.87. The molecule has 0 spiro atoms. The Hall–Kier alpha value is -1.12. The minimum Gasteiger partial charge on any atom is -0.480 e. The second-order valence-corrected chi connectivity index (χ2v) is 6.60. The first-order valence-corrected chi connectivity index (χ1v) is 8.31. The van der Waals surface area contributed by atoms with Crippen molar-refractivity contribution in [1.82, 2.24) is 10.2 Å². The Morgan fingerprint density at radius 2 is 2.19 bits per heavy atom. The van der Waals surface area contributed by atoms with Crippen molar-refractivity contribution in [3.63, 3.8) is 0 Å². The molecule has 1 aromatic rings. The molecular weight excluding hydrogens is 360 g/mol. The third-order valence-corrected chi connectivity index (χ3v) is 5.19. The molecule has 0 atom stereocenters. The normalized spacial score (nSPS) is 16.0. The lowest BCUT2D eigenvalue weighted by molar-refractivity contribution is -0.145. The number of rotatable bonds is 5. The van der Waals surface area contributed by atoms with E-state index in [2.05, 4.69) is 21.2 Å². The van der Waals surface area contributed by atoms with Gasteiger partial charge < -0.3 is 20.1 Å². The molecule has 116 valence electrons. The molecular formula is C13H17BrN2O4S. The molecule has 2 heterocycles. The van der Waals surface area contributed by atoms with E-state index < -0.39 is 5.97 Å². The fourth-order valence-electron chi connectivity index (χ4n) is 2.13. The van der Waals surface area contributed by atoms with Gasteiger partial charge in [0.1, 0.15) is 6.61 Å². The molecule has 0 aromatic carbocycles. The van der Waals surface area contributed by atoms with E-state index in [1.165, 1.54) is 0 Å². The molecule has 0 bridgehead atoms. The number of hydrogen-bond donors (Lipinski definition) is 2. The highest BCUT2D eigenvalue weighted by molar-refractivity contribution is 9.10. The van der Waals surface area contributed by atoms with Gasteiger partial charge in [-0.25, -0.2) is 9.59 Å². The van der Waals surface area contributed by atoms with Crippen LogP contribution in [0.25, 0.3) is 0 Å². The predicted molar refractivity (Wildman–Crippen MR) is 82.4 cm³/mol. The molecule has 0 saturated carbocycles. The van der Waals surface area contributed by atoms with Crippen molar-refractivity contribution < 1.29 is 19.4 Å². The molecule has 21 heavy (non-hydrogen) atoms. The van der Waals surface area contributed by atoms with Crippen LogP contribution >= 0.6 is 27.3 Å². The molecule has 0 unspecified atom stereocenters. The quantitative estimate of drug-likeness (QED) is 0.825. The Morgan fingerprint density at radius 3 is 2.76 bits per heavy atom. The summed E-state index contributed by atoms with van der Waals surface area (Å²) >= 11 is 5.02.